The maximum Gasteiger partial charge on any atom is 0.303 e. The molecule has 0 aromatic carbocycles. The maximum atomic E-state index is 14.4. The molecular formula is C28H38O10. The fraction of sp³-hybridized carbons (Fsp3) is 0.750. The van der Waals surface area contributed by atoms with Gasteiger partial charge in [-0.05, 0) is 49.5 Å². The molecule has 1 aliphatic heterocycles. The number of allylic oxidation sites excluding steroid dienone is 1. The average Bonchev–Trinajstić information content (AvgIpc) is 3.62. The van der Waals surface area contributed by atoms with Crippen molar-refractivity contribution in [2.24, 2.45) is 23.2 Å². The smallest absolute Gasteiger partial charge is 0.303 e. The fourth-order valence-corrected chi connectivity index (χ4v) is 7.18. The van der Waals surface area contributed by atoms with Gasteiger partial charge in [-0.1, -0.05) is 19.9 Å². The second-order valence-electron chi connectivity index (χ2n) is 12.2. The predicted octanol–water partition coefficient (Wildman–Crippen LogP) is 2.84. The van der Waals surface area contributed by atoms with Gasteiger partial charge < -0.3 is 23.7 Å². The van der Waals surface area contributed by atoms with E-state index in [-0.39, 0.29) is 30.3 Å². The summed E-state index contributed by atoms with van der Waals surface area (Å²) in [4.78, 5) is 64.2. The molecule has 2 saturated carbocycles. The van der Waals surface area contributed by atoms with Crippen molar-refractivity contribution >= 4 is 29.7 Å². The number of rotatable bonds is 4. The second-order valence-corrected chi connectivity index (χ2v) is 12.2. The predicted molar refractivity (Wildman–Crippen MR) is 131 cm³/mol. The number of epoxide rings is 1. The van der Waals surface area contributed by atoms with E-state index in [2.05, 4.69) is 13.8 Å². The molecule has 1 saturated heterocycles. The van der Waals surface area contributed by atoms with Gasteiger partial charge in [0.1, 0.15) is 11.7 Å². The molecular weight excluding hydrogens is 496 g/mol. The van der Waals surface area contributed by atoms with Gasteiger partial charge >= 0.3 is 23.9 Å². The van der Waals surface area contributed by atoms with Crippen molar-refractivity contribution < 1.29 is 47.7 Å². The van der Waals surface area contributed by atoms with Crippen molar-refractivity contribution in [3.8, 4) is 0 Å². The van der Waals surface area contributed by atoms with E-state index in [0.717, 1.165) is 6.42 Å². The van der Waals surface area contributed by atoms with Gasteiger partial charge in [-0.3, -0.25) is 24.0 Å². The highest BCUT2D eigenvalue weighted by atomic mass is 16.6. The number of hydrogen-bond acceptors (Lipinski definition) is 10. The Bertz CT molecular complexity index is 1100. The van der Waals surface area contributed by atoms with Crippen molar-refractivity contribution in [1.29, 1.82) is 0 Å². The molecule has 210 valence electrons. The normalized spacial score (nSPS) is 42.4. The third kappa shape index (κ3) is 4.65. The number of ketones is 1. The Morgan fingerprint density at radius 2 is 1.45 bits per heavy atom. The zero-order valence-corrected chi connectivity index (χ0v) is 23.4. The summed E-state index contributed by atoms with van der Waals surface area (Å²) in [5.74, 6) is -4.08. The van der Waals surface area contributed by atoms with E-state index < -0.39 is 64.6 Å². The first-order valence-electron chi connectivity index (χ1n) is 13.1. The highest BCUT2D eigenvalue weighted by molar-refractivity contribution is 6.03. The van der Waals surface area contributed by atoms with Crippen LogP contribution < -0.4 is 0 Å². The molecule has 0 bridgehead atoms. The largest absolute Gasteiger partial charge is 0.459 e. The summed E-state index contributed by atoms with van der Waals surface area (Å²) >= 11 is 0. The molecule has 3 fully saturated rings. The zero-order valence-electron chi connectivity index (χ0n) is 23.4. The van der Waals surface area contributed by atoms with Gasteiger partial charge in [0.05, 0.1) is 12.5 Å². The molecule has 38 heavy (non-hydrogen) atoms. The Balaban J connectivity index is 2.00. The molecule has 1 spiro atoms. The first-order chi connectivity index (χ1) is 17.5. The van der Waals surface area contributed by atoms with Crippen molar-refractivity contribution in [2.75, 3.05) is 6.61 Å². The molecule has 10 heteroatoms. The SMILES string of the molecule is CC(=O)O[C@@H]1[C@H]2[C@@H](OC(C)=O)[C@@](C)(OC(C)=O)C[C@@]2(OC(C)=O)C(=O)/C(C)=C/[C@@H]2[C@H](CC[C@@]13CO3)C2(C)C. The summed E-state index contributed by atoms with van der Waals surface area (Å²) in [6, 6.07) is 0. The molecule has 0 amide bonds. The molecule has 8 atom stereocenters. The van der Waals surface area contributed by atoms with Crippen molar-refractivity contribution in [3.05, 3.63) is 11.6 Å². The van der Waals surface area contributed by atoms with Gasteiger partial charge in [-0.2, -0.15) is 0 Å². The molecule has 0 unspecified atom stereocenters. The zero-order chi connectivity index (χ0) is 28.4. The van der Waals surface area contributed by atoms with Gasteiger partial charge in [0.15, 0.2) is 17.3 Å². The van der Waals surface area contributed by atoms with E-state index in [1.54, 1.807) is 6.92 Å². The molecule has 3 aliphatic carbocycles. The van der Waals surface area contributed by atoms with Gasteiger partial charge in [0, 0.05) is 34.1 Å². The van der Waals surface area contributed by atoms with Gasteiger partial charge in [0.25, 0.3) is 0 Å². The fourth-order valence-electron chi connectivity index (χ4n) is 7.18. The molecule has 0 aromatic rings. The summed E-state index contributed by atoms with van der Waals surface area (Å²) in [6.45, 7) is 12.5. The lowest BCUT2D eigenvalue weighted by molar-refractivity contribution is -0.195. The van der Waals surface area contributed by atoms with E-state index in [1.165, 1.54) is 34.6 Å². The van der Waals surface area contributed by atoms with Crippen LogP contribution in [0.15, 0.2) is 11.6 Å². The number of Topliss-reactive ketones (excluding diaryl/α,β-unsaturated/α-hetero) is 1. The van der Waals surface area contributed by atoms with Crippen LogP contribution in [0.25, 0.3) is 0 Å². The Hall–Kier alpha value is -2.75. The van der Waals surface area contributed by atoms with Crippen LogP contribution in [-0.4, -0.2) is 65.3 Å². The van der Waals surface area contributed by atoms with Crippen molar-refractivity contribution in [3.63, 3.8) is 0 Å². The number of ether oxygens (including phenoxy) is 5. The van der Waals surface area contributed by atoms with E-state index in [9.17, 15) is 24.0 Å². The van der Waals surface area contributed by atoms with Crippen LogP contribution in [0.3, 0.4) is 0 Å². The van der Waals surface area contributed by atoms with Crippen LogP contribution >= 0.6 is 0 Å². The molecule has 0 N–H and O–H groups in total. The first kappa shape index (κ1) is 28.3. The minimum Gasteiger partial charge on any atom is -0.459 e. The second kappa shape index (κ2) is 9.17. The monoisotopic (exact) mass is 534 g/mol. The number of carbonyl (C=O) groups is 5. The van der Waals surface area contributed by atoms with Crippen LogP contribution in [0.5, 0.6) is 0 Å². The Kier molecular flexibility index (Phi) is 6.82. The number of esters is 4. The molecule has 4 rings (SSSR count). The number of carbonyl (C=O) groups excluding carboxylic acids is 5. The third-order valence-electron chi connectivity index (χ3n) is 8.92. The van der Waals surface area contributed by atoms with E-state index in [4.69, 9.17) is 23.7 Å². The minimum absolute atomic E-state index is 0.0516. The molecule has 0 radical (unpaired) electrons. The van der Waals surface area contributed by atoms with Crippen LogP contribution in [0.2, 0.25) is 0 Å². The molecule has 1 heterocycles. The summed E-state index contributed by atoms with van der Waals surface area (Å²) in [7, 11) is 0. The van der Waals surface area contributed by atoms with Crippen LogP contribution in [0.1, 0.15) is 74.7 Å². The van der Waals surface area contributed by atoms with E-state index in [0.29, 0.717) is 12.0 Å². The first-order valence-corrected chi connectivity index (χ1v) is 13.1. The van der Waals surface area contributed by atoms with Crippen molar-refractivity contribution in [2.45, 2.75) is 104 Å². The summed E-state index contributed by atoms with van der Waals surface area (Å²) in [6.07, 6.45) is 0.482. The van der Waals surface area contributed by atoms with Crippen LogP contribution in [0.4, 0.5) is 0 Å². The molecule has 10 nitrogen and oxygen atoms in total. The highest BCUT2D eigenvalue weighted by Gasteiger charge is 2.75. The highest BCUT2D eigenvalue weighted by Crippen LogP contribution is 2.64. The topological polar surface area (TPSA) is 135 Å². The molecule has 0 aromatic heterocycles. The standard InChI is InChI=1S/C28H38O10/c1-14-11-20-19(25(20,6)7)9-10-27(13-34-27)24(36-16(3)30)21-23(35-15(2)29)26(8,37-17(4)31)12-28(21,22(14)33)38-18(5)32/h11,19-21,23-24H,9-10,12-13H2,1-8H3/b14-11+/t19-,20+,21+,23+,24+,26-,27+,28-/m0/s1. The Labute approximate surface area is 222 Å². The Morgan fingerprint density at radius 3 is 1.95 bits per heavy atom. The van der Waals surface area contributed by atoms with Gasteiger partial charge in [-0.25, -0.2) is 0 Å². The lowest BCUT2D eigenvalue weighted by atomic mass is 9.74. The maximum absolute atomic E-state index is 14.4. The average molecular weight is 535 g/mol. The summed E-state index contributed by atoms with van der Waals surface area (Å²) in [5, 5.41) is 0. The number of hydrogen-bond donors (Lipinski definition) is 0. The third-order valence-corrected chi connectivity index (χ3v) is 8.92. The minimum atomic E-state index is -1.96. The van der Waals surface area contributed by atoms with Crippen molar-refractivity contribution in [1.82, 2.24) is 0 Å². The lowest BCUT2D eigenvalue weighted by Crippen LogP contribution is -2.58. The number of fused-ring (bicyclic) bond motifs is 2. The summed E-state index contributed by atoms with van der Waals surface area (Å²) in [5.41, 5.74) is -4.20. The summed E-state index contributed by atoms with van der Waals surface area (Å²) < 4.78 is 29.3. The van der Waals surface area contributed by atoms with E-state index >= 15 is 0 Å². The van der Waals surface area contributed by atoms with Gasteiger partial charge in [-0.15, -0.1) is 0 Å². The lowest BCUT2D eigenvalue weighted by Gasteiger charge is -2.41. The quantitative estimate of drug-likeness (QED) is 0.301. The van der Waals surface area contributed by atoms with E-state index in [1.807, 2.05) is 6.08 Å². The van der Waals surface area contributed by atoms with Crippen LogP contribution in [0, 0.1) is 23.2 Å². The van der Waals surface area contributed by atoms with Gasteiger partial charge in [0.2, 0.25) is 5.78 Å². The Morgan fingerprint density at radius 1 is 0.895 bits per heavy atom. The molecule has 4 aliphatic rings. The van der Waals surface area contributed by atoms with Crippen LogP contribution in [-0.2, 0) is 47.7 Å².